The fourth-order valence-corrected chi connectivity index (χ4v) is 2.29. The Morgan fingerprint density at radius 1 is 1.17 bits per heavy atom. The van der Waals surface area contributed by atoms with E-state index in [-0.39, 0.29) is 11.6 Å². The first kappa shape index (κ1) is 15.7. The molecule has 6 nitrogen and oxygen atoms in total. The van der Waals surface area contributed by atoms with Crippen molar-refractivity contribution in [1.29, 1.82) is 0 Å². The molecule has 2 heterocycles. The maximum Gasteiger partial charge on any atom is 0.363 e. The van der Waals surface area contributed by atoms with Crippen LogP contribution in [0.5, 0.6) is 5.75 Å². The van der Waals surface area contributed by atoms with Crippen molar-refractivity contribution in [2.24, 2.45) is 0 Å². The van der Waals surface area contributed by atoms with Crippen LogP contribution in [0.3, 0.4) is 0 Å². The molecule has 3 aromatic rings. The average Bonchev–Trinajstić information content (AvgIpc) is 3.00. The number of nitrogens with zero attached hydrogens (tertiary/aromatic N) is 3. The van der Waals surface area contributed by atoms with Gasteiger partial charge in [0, 0.05) is 32.1 Å². The van der Waals surface area contributed by atoms with Crippen LogP contribution in [0.15, 0.2) is 48.8 Å². The molecule has 0 unspecified atom stereocenters. The number of fused-ring (bicyclic) bond motifs is 1. The average molecular weight is 323 g/mol. The number of esters is 1. The Morgan fingerprint density at radius 3 is 2.67 bits per heavy atom. The Bertz CT molecular complexity index is 895. The smallest absolute Gasteiger partial charge is 0.363 e. The number of pyridine rings is 1. The van der Waals surface area contributed by atoms with Gasteiger partial charge in [0.15, 0.2) is 5.69 Å². The third kappa shape index (κ3) is 2.99. The Balaban J connectivity index is 1.88. The van der Waals surface area contributed by atoms with E-state index >= 15 is 0 Å². The number of carbonyl (C=O) groups excluding carboxylic acids is 2. The summed E-state index contributed by atoms with van der Waals surface area (Å²) in [6, 6.07) is 10.5. The second kappa shape index (κ2) is 6.16. The number of rotatable bonds is 3. The first-order chi connectivity index (χ1) is 11.5. The lowest BCUT2D eigenvalue weighted by atomic mass is 10.1. The summed E-state index contributed by atoms with van der Waals surface area (Å²) < 4.78 is 7.19. The van der Waals surface area contributed by atoms with Crippen molar-refractivity contribution in [3.05, 3.63) is 65.6 Å². The fourth-order valence-electron chi connectivity index (χ4n) is 2.29. The quantitative estimate of drug-likeness (QED) is 0.549. The third-order valence-electron chi connectivity index (χ3n) is 3.62. The van der Waals surface area contributed by atoms with Gasteiger partial charge >= 0.3 is 5.97 Å². The van der Waals surface area contributed by atoms with E-state index in [2.05, 4.69) is 4.98 Å². The topological polar surface area (TPSA) is 63.9 Å². The zero-order valence-electron chi connectivity index (χ0n) is 13.7. The normalized spacial score (nSPS) is 10.6. The van der Waals surface area contributed by atoms with Crippen LogP contribution in [-0.4, -0.2) is 40.3 Å². The monoisotopic (exact) mass is 323 g/mol. The molecule has 0 radical (unpaired) electrons. The van der Waals surface area contributed by atoms with Crippen LogP contribution in [0.25, 0.3) is 5.65 Å². The molecule has 0 aliphatic carbocycles. The molecule has 122 valence electrons. The van der Waals surface area contributed by atoms with E-state index in [0.717, 1.165) is 5.56 Å². The third-order valence-corrected chi connectivity index (χ3v) is 3.62. The van der Waals surface area contributed by atoms with E-state index in [4.69, 9.17) is 4.74 Å². The summed E-state index contributed by atoms with van der Waals surface area (Å²) in [5.74, 6) is -0.360. The van der Waals surface area contributed by atoms with Gasteiger partial charge in [-0.25, -0.2) is 9.78 Å². The molecule has 24 heavy (non-hydrogen) atoms. The number of carbonyl (C=O) groups is 2. The molecule has 0 saturated heterocycles. The van der Waals surface area contributed by atoms with Gasteiger partial charge in [0.2, 0.25) is 0 Å². The minimum absolute atomic E-state index is 0.153. The number of ether oxygens (including phenoxy) is 1. The number of amides is 1. The SMILES string of the molecule is Cc1ccc(C(=O)N(C)C)cc1OC(=O)c1cn2ccccc2n1. The van der Waals surface area contributed by atoms with Gasteiger partial charge in [-0.1, -0.05) is 12.1 Å². The van der Waals surface area contributed by atoms with Gasteiger partial charge in [0.1, 0.15) is 11.4 Å². The lowest BCUT2D eigenvalue weighted by Crippen LogP contribution is -2.21. The summed E-state index contributed by atoms with van der Waals surface area (Å²) in [6.45, 7) is 1.82. The number of benzene rings is 1. The second-order valence-corrected chi connectivity index (χ2v) is 5.66. The number of aromatic nitrogens is 2. The Labute approximate surface area is 139 Å². The van der Waals surface area contributed by atoms with Crippen molar-refractivity contribution in [1.82, 2.24) is 14.3 Å². The van der Waals surface area contributed by atoms with E-state index in [9.17, 15) is 9.59 Å². The molecule has 0 aliphatic rings. The zero-order valence-corrected chi connectivity index (χ0v) is 13.7. The molecule has 1 aromatic carbocycles. The molecule has 6 heteroatoms. The van der Waals surface area contributed by atoms with Crippen molar-refractivity contribution in [2.75, 3.05) is 14.1 Å². The largest absolute Gasteiger partial charge is 0.421 e. The highest BCUT2D eigenvalue weighted by molar-refractivity contribution is 5.95. The van der Waals surface area contributed by atoms with Gasteiger partial charge in [-0.15, -0.1) is 0 Å². The molecular formula is C18H17N3O3. The number of hydrogen-bond acceptors (Lipinski definition) is 4. The molecule has 0 bridgehead atoms. The van der Waals surface area contributed by atoms with Gasteiger partial charge in [-0.3, -0.25) is 4.79 Å². The lowest BCUT2D eigenvalue weighted by molar-refractivity contribution is 0.0725. The molecule has 0 fully saturated rings. The molecule has 0 N–H and O–H groups in total. The van der Waals surface area contributed by atoms with Crippen molar-refractivity contribution >= 4 is 17.5 Å². The maximum absolute atomic E-state index is 12.4. The Kier molecular flexibility index (Phi) is 4.04. The molecule has 3 rings (SSSR count). The van der Waals surface area contributed by atoms with Gasteiger partial charge in [-0.2, -0.15) is 0 Å². The van der Waals surface area contributed by atoms with Crippen LogP contribution in [0.1, 0.15) is 26.4 Å². The first-order valence-electron chi connectivity index (χ1n) is 7.44. The Hall–Kier alpha value is -3.15. The predicted octanol–water partition coefficient (Wildman–Crippen LogP) is 2.56. The highest BCUT2D eigenvalue weighted by Crippen LogP contribution is 2.21. The molecule has 1 amide bonds. The van der Waals surface area contributed by atoms with Crippen LogP contribution in [0.4, 0.5) is 0 Å². The predicted molar refractivity (Wildman–Crippen MR) is 89.3 cm³/mol. The second-order valence-electron chi connectivity index (χ2n) is 5.66. The summed E-state index contributed by atoms with van der Waals surface area (Å²) in [4.78, 5) is 30.1. The van der Waals surface area contributed by atoms with Crippen LogP contribution in [0.2, 0.25) is 0 Å². The number of hydrogen-bond donors (Lipinski definition) is 0. The van der Waals surface area contributed by atoms with Crippen LogP contribution >= 0.6 is 0 Å². The molecule has 2 aromatic heterocycles. The lowest BCUT2D eigenvalue weighted by Gasteiger charge is -2.12. The van der Waals surface area contributed by atoms with Crippen LogP contribution < -0.4 is 4.74 Å². The number of imidazole rings is 1. The Morgan fingerprint density at radius 2 is 1.96 bits per heavy atom. The van der Waals surface area contributed by atoms with Gasteiger partial charge < -0.3 is 14.0 Å². The first-order valence-corrected chi connectivity index (χ1v) is 7.44. The standard InChI is InChI=1S/C18H17N3O3/c1-12-7-8-13(17(22)20(2)3)10-15(12)24-18(23)14-11-21-9-5-4-6-16(21)19-14/h4-11H,1-3H3. The minimum Gasteiger partial charge on any atom is -0.421 e. The van der Waals surface area contributed by atoms with E-state index in [0.29, 0.717) is 17.0 Å². The van der Waals surface area contributed by atoms with Gasteiger partial charge in [0.25, 0.3) is 5.91 Å². The molecule has 0 aliphatic heterocycles. The van der Waals surface area contributed by atoms with E-state index in [1.54, 1.807) is 55.2 Å². The maximum atomic E-state index is 12.4. The molecular weight excluding hydrogens is 306 g/mol. The summed E-state index contributed by atoms with van der Waals surface area (Å²) in [5.41, 5.74) is 2.11. The van der Waals surface area contributed by atoms with Crippen LogP contribution in [0, 0.1) is 6.92 Å². The summed E-state index contributed by atoms with van der Waals surface area (Å²) in [6.07, 6.45) is 3.42. The summed E-state index contributed by atoms with van der Waals surface area (Å²) in [7, 11) is 3.34. The van der Waals surface area contributed by atoms with Crippen molar-refractivity contribution in [2.45, 2.75) is 6.92 Å². The number of aryl methyl sites for hydroxylation is 1. The van der Waals surface area contributed by atoms with E-state index in [1.807, 2.05) is 19.1 Å². The van der Waals surface area contributed by atoms with Crippen molar-refractivity contribution < 1.29 is 14.3 Å². The fraction of sp³-hybridized carbons (Fsp3) is 0.167. The van der Waals surface area contributed by atoms with Crippen molar-refractivity contribution in [3.63, 3.8) is 0 Å². The van der Waals surface area contributed by atoms with E-state index < -0.39 is 5.97 Å². The molecule has 0 atom stereocenters. The summed E-state index contributed by atoms with van der Waals surface area (Å²) in [5, 5.41) is 0. The summed E-state index contributed by atoms with van der Waals surface area (Å²) >= 11 is 0. The minimum atomic E-state index is -0.559. The van der Waals surface area contributed by atoms with Crippen LogP contribution in [-0.2, 0) is 0 Å². The van der Waals surface area contributed by atoms with Gasteiger partial charge in [-0.05, 0) is 36.8 Å². The molecule has 0 spiro atoms. The van der Waals surface area contributed by atoms with Crippen molar-refractivity contribution in [3.8, 4) is 5.75 Å². The highest BCUT2D eigenvalue weighted by Gasteiger charge is 2.16. The highest BCUT2D eigenvalue weighted by atomic mass is 16.5. The zero-order chi connectivity index (χ0) is 17.3. The van der Waals surface area contributed by atoms with E-state index in [1.165, 1.54) is 4.90 Å². The molecule has 0 saturated carbocycles. The van der Waals surface area contributed by atoms with Gasteiger partial charge in [0.05, 0.1) is 0 Å².